The van der Waals surface area contributed by atoms with Gasteiger partial charge in [0.05, 0.1) is 19.2 Å². The molecule has 12 nitrogen and oxygen atoms in total. The molecule has 3 atom stereocenters. The maximum atomic E-state index is 14.0. The van der Waals surface area contributed by atoms with Crippen LogP contribution in [0.5, 0.6) is 5.75 Å². The van der Waals surface area contributed by atoms with Crippen LogP contribution in [0.15, 0.2) is 29.2 Å². The van der Waals surface area contributed by atoms with Crippen molar-refractivity contribution in [1.82, 2.24) is 14.8 Å². The van der Waals surface area contributed by atoms with Crippen molar-refractivity contribution in [2.45, 2.75) is 45.5 Å². The van der Waals surface area contributed by atoms with Crippen LogP contribution in [-0.2, 0) is 32.0 Å². The summed E-state index contributed by atoms with van der Waals surface area (Å²) in [5.41, 5.74) is -1.55. The fraction of sp³-hybridized carbons (Fsp3) is 0.417. The van der Waals surface area contributed by atoms with E-state index in [1.54, 1.807) is 6.92 Å². The normalized spacial score (nSPS) is 18.9. The number of halogens is 2. The number of benzene rings is 1. The summed E-state index contributed by atoms with van der Waals surface area (Å²) in [4.78, 5) is 52.8. The average molecular weight is 537 g/mol. The number of ether oxygens (including phenoxy) is 5. The van der Waals surface area contributed by atoms with E-state index in [9.17, 15) is 28.0 Å². The van der Waals surface area contributed by atoms with Crippen molar-refractivity contribution in [2.75, 3.05) is 20.5 Å². The van der Waals surface area contributed by atoms with Crippen LogP contribution in [0.1, 0.15) is 40.3 Å². The van der Waals surface area contributed by atoms with Gasteiger partial charge in [-0.15, -0.1) is 0 Å². The van der Waals surface area contributed by atoms with E-state index in [0.717, 1.165) is 12.1 Å². The van der Waals surface area contributed by atoms with E-state index in [1.807, 2.05) is 0 Å². The van der Waals surface area contributed by atoms with Gasteiger partial charge in [-0.3, -0.25) is 14.4 Å². The van der Waals surface area contributed by atoms with Gasteiger partial charge >= 0.3 is 6.16 Å². The summed E-state index contributed by atoms with van der Waals surface area (Å²) >= 11 is 0. The zero-order valence-electron chi connectivity index (χ0n) is 20.7. The molecule has 38 heavy (non-hydrogen) atoms. The Kier molecular flexibility index (Phi) is 7.92. The third-order valence-electron chi connectivity index (χ3n) is 6.02. The van der Waals surface area contributed by atoms with Crippen molar-refractivity contribution >= 4 is 18.0 Å². The van der Waals surface area contributed by atoms with E-state index in [-0.39, 0.29) is 37.0 Å². The highest BCUT2D eigenvalue weighted by atomic mass is 19.1. The van der Waals surface area contributed by atoms with Gasteiger partial charge in [-0.1, -0.05) is 6.07 Å². The molecule has 204 valence electrons. The molecule has 0 radical (unpaired) electrons. The Morgan fingerprint density at radius 2 is 2.03 bits per heavy atom. The molecule has 1 aromatic carbocycles. The highest BCUT2D eigenvalue weighted by Gasteiger charge is 2.43. The van der Waals surface area contributed by atoms with Gasteiger partial charge in [0, 0.05) is 31.5 Å². The molecule has 0 bridgehead atoms. The van der Waals surface area contributed by atoms with E-state index in [2.05, 4.69) is 5.32 Å². The number of methoxy groups -OCH3 is 1. The first kappa shape index (κ1) is 27.0. The first-order valence-corrected chi connectivity index (χ1v) is 11.5. The van der Waals surface area contributed by atoms with Gasteiger partial charge in [-0.25, -0.2) is 13.6 Å². The molecule has 2 amide bonds. The topological polar surface area (TPSA) is 135 Å². The van der Waals surface area contributed by atoms with Gasteiger partial charge < -0.3 is 38.5 Å². The average Bonchev–Trinajstić information content (AvgIpc) is 3.25. The summed E-state index contributed by atoms with van der Waals surface area (Å²) in [5, 5.41) is 2.40. The SMILES string of the molecule is COC(C)OC(=O)OCOc1c2n(cc(C(=O)NCc3ccc(F)cc3F)c1=O)CC1OCC(C)N1C2=O. The van der Waals surface area contributed by atoms with Gasteiger partial charge in [0.25, 0.3) is 11.8 Å². The minimum Gasteiger partial charge on any atom is -0.451 e. The van der Waals surface area contributed by atoms with Crippen molar-refractivity contribution in [1.29, 1.82) is 0 Å². The lowest BCUT2D eigenvalue weighted by atomic mass is 10.1. The number of carbonyl (C=O) groups excluding carboxylic acids is 3. The van der Waals surface area contributed by atoms with Crippen LogP contribution in [0.2, 0.25) is 0 Å². The second kappa shape index (κ2) is 11.1. The number of aromatic nitrogens is 1. The Hall–Kier alpha value is -4.04. The zero-order chi connectivity index (χ0) is 27.6. The van der Waals surface area contributed by atoms with Crippen molar-refractivity contribution in [2.24, 2.45) is 0 Å². The van der Waals surface area contributed by atoms with Crippen LogP contribution in [-0.4, -0.2) is 66.5 Å². The molecule has 14 heteroatoms. The van der Waals surface area contributed by atoms with Gasteiger partial charge in [-0.05, 0) is 19.9 Å². The van der Waals surface area contributed by atoms with Gasteiger partial charge in [0.15, 0.2) is 11.9 Å². The summed E-state index contributed by atoms with van der Waals surface area (Å²) < 4.78 is 53.9. The maximum absolute atomic E-state index is 14.0. The third-order valence-corrected chi connectivity index (χ3v) is 6.02. The standard InChI is InChI=1S/C24H25F2N3O9/c1-12-10-35-18-9-28-8-16(22(31)27-7-14-4-5-15(25)6-17(14)26)20(30)21(19(28)23(32)29(12)18)36-11-37-24(33)38-13(2)34-3/h4-6,8,12-13,18H,7,9-11H2,1-3H3,(H,27,31). The van der Waals surface area contributed by atoms with E-state index < -0.39 is 65.7 Å². The molecule has 3 heterocycles. The highest BCUT2D eigenvalue weighted by molar-refractivity contribution is 5.99. The molecule has 1 N–H and O–H groups in total. The van der Waals surface area contributed by atoms with Crippen molar-refractivity contribution in [3.8, 4) is 5.75 Å². The fourth-order valence-electron chi connectivity index (χ4n) is 4.05. The molecule has 0 spiro atoms. The second-order valence-corrected chi connectivity index (χ2v) is 8.55. The molecule has 1 aromatic heterocycles. The van der Waals surface area contributed by atoms with Crippen LogP contribution in [0.25, 0.3) is 0 Å². The number of pyridine rings is 1. The number of carbonyl (C=O) groups is 3. The molecular formula is C24H25F2N3O9. The van der Waals surface area contributed by atoms with Gasteiger partial charge in [0.1, 0.15) is 17.2 Å². The quantitative estimate of drug-likeness (QED) is 0.395. The van der Waals surface area contributed by atoms with E-state index in [4.69, 9.17) is 23.7 Å². The van der Waals surface area contributed by atoms with Crippen LogP contribution in [0.3, 0.4) is 0 Å². The van der Waals surface area contributed by atoms with Crippen LogP contribution in [0.4, 0.5) is 13.6 Å². The first-order valence-electron chi connectivity index (χ1n) is 11.5. The second-order valence-electron chi connectivity index (χ2n) is 8.55. The van der Waals surface area contributed by atoms with Crippen LogP contribution >= 0.6 is 0 Å². The summed E-state index contributed by atoms with van der Waals surface area (Å²) in [6.07, 6.45) is -1.52. The first-order chi connectivity index (χ1) is 18.1. The summed E-state index contributed by atoms with van der Waals surface area (Å²) in [5.74, 6) is -3.66. The zero-order valence-corrected chi connectivity index (χ0v) is 20.7. The molecule has 0 aliphatic carbocycles. The molecule has 2 aliphatic rings. The predicted octanol–water partition coefficient (Wildman–Crippen LogP) is 1.74. The van der Waals surface area contributed by atoms with Gasteiger partial charge in [-0.2, -0.15) is 0 Å². The van der Waals surface area contributed by atoms with E-state index in [1.165, 1.54) is 29.7 Å². The summed E-state index contributed by atoms with van der Waals surface area (Å²) in [7, 11) is 1.31. The lowest BCUT2D eigenvalue weighted by Crippen LogP contribution is -2.49. The number of hydrogen-bond acceptors (Lipinski definition) is 9. The molecule has 1 fully saturated rings. The molecule has 1 saturated heterocycles. The molecular weight excluding hydrogens is 512 g/mol. The Balaban J connectivity index is 1.62. The van der Waals surface area contributed by atoms with Crippen LogP contribution < -0.4 is 15.5 Å². The summed E-state index contributed by atoms with van der Waals surface area (Å²) in [6.45, 7) is 2.42. The Bertz CT molecular complexity index is 1320. The lowest BCUT2D eigenvalue weighted by molar-refractivity contribution is -0.101. The molecule has 2 aliphatic heterocycles. The van der Waals surface area contributed by atoms with Gasteiger partial charge in [0.2, 0.25) is 24.3 Å². The summed E-state index contributed by atoms with van der Waals surface area (Å²) in [6, 6.07) is 2.58. The number of amides is 2. The monoisotopic (exact) mass is 537 g/mol. The maximum Gasteiger partial charge on any atom is 0.513 e. The predicted molar refractivity (Wildman–Crippen MR) is 123 cm³/mol. The van der Waals surface area contributed by atoms with Crippen molar-refractivity contribution in [3.63, 3.8) is 0 Å². The highest BCUT2D eigenvalue weighted by Crippen LogP contribution is 2.30. The molecule has 0 saturated carbocycles. The number of hydrogen-bond donors (Lipinski definition) is 1. The fourth-order valence-corrected chi connectivity index (χ4v) is 4.05. The smallest absolute Gasteiger partial charge is 0.451 e. The minimum atomic E-state index is -1.16. The molecule has 3 unspecified atom stereocenters. The number of fused-ring (bicyclic) bond motifs is 2. The van der Waals surface area contributed by atoms with Crippen LogP contribution in [0, 0.1) is 11.6 Å². The minimum absolute atomic E-state index is 0.00866. The Morgan fingerprint density at radius 1 is 1.26 bits per heavy atom. The van der Waals surface area contributed by atoms with Crippen molar-refractivity contribution < 1.29 is 46.8 Å². The van der Waals surface area contributed by atoms with Crippen molar-refractivity contribution in [3.05, 3.63) is 63.1 Å². The Morgan fingerprint density at radius 3 is 2.74 bits per heavy atom. The Labute approximate surface area is 215 Å². The molecule has 2 aromatic rings. The lowest BCUT2D eigenvalue weighted by Gasteiger charge is -2.34. The number of nitrogens with one attached hydrogen (secondary N) is 1. The van der Waals surface area contributed by atoms with E-state index >= 15 is 0 Å². The number of nitrogens with zero attached hydrogens (tertiary/aromatic N) is 2. The van der Waals surface area contributed by atoms with E-state index in [0.29, 0.717) is 6.07 Å². The number of rotatable bonds is 8. The largest absolute Gasteiger partial charge is 0.513 e. The molecule has 4 rings (SSSR count). The third kappa shape index (κ3) is 5.45.